The van der Waals surface area contributed by atoms with Crippen LogP contribution < -0.4 is 16.0 Å². The number of aliphatic hydroxyl groups is 1. The molecule has 10 nitrogen and oxygen atoms in total. The number of hydrogen-bond donors (Lipinski definition) is 2. The number of aliphatic hydroxyl groups excluding tert-OH is 1. The highest BCUT2D eigenvalue weighted by molar-refractivity contribution is 5.75. The third-order valence-electron chi connectivity index (χ3n) is 4.56. The van der Waals surface area contributed by atoms with E-state index in [9.17, 15) is 9.59 Å². The van der Waals surface area contributed by atoms with Gasteiger partial charge in [0.25, 0.3) is 5.56 Å². The SMILES string of the molecule is Cn1c(=O)n(CCCO)c(=O)c2[nH]c(-c3nccnc3OCC3CC3)nc21. The minimum absolute atomic E-state index is 0.108. The molecule has 0 atom stereocenters. The van der Waals surface area contributed by atoms with E-state index in [1.165, 1.54) is 17.0 Å². The van der Waals surface area contributed by atoms with Gasteiger partial charge < -0.3 is 14.8 Å². The van der Waals surface area contributed by atoms with E-state index in [1.807, 2.05) is 0 Å². The first-order valence-corrected chi connectivity index (χ1v) is 8.84. The van der Waals surface area contributed by atoms with Crippen LogP contribution in [0.25, 0.3) is 22.7 Å². The topological polar surface area (TPSA) is 128 Å². The molecule has 2 N–H and O–H groups in total. The molecule has 0 radical (unpaired) electrons. The molecule has 0 aromatic carbocycles. The fourth-order valence-electron chi connectivity index (χ4n) is 2.86. The van der Waals surface area contributed by atoms with Gasteiger partial charge in [0.05, 0.1) is 6.61 Å². The molecule has 3 aromatic heterocycles. The van der Waals surface area contributed by atoms with Crippen LogP contribution in [0.15, 0.2) is 22.0 Å². The second kappa shape index (κ2) is 6.95. The number of rotatable bonds is 7. The molecule has 10 heteroatoms. The molecule has 3 heterocycles. The summed E-state index contributed by atoms with van der Waals surface area (Å²) in [6.07, 6.45) is 5.66. The maximum absolute atomic E-state index is 12.7. The van der Waals surface area contributed by atoms with Gasteiger partial charge in [-0.15, -0.1) is 0 Å². The quantitative estimate of drug-likeness (QED) is 0.600. The molecule has 4 rings (SSSR count). The summed E-state index contributed by atoms with van der Waals surface area (Å²) in [6, 6.07) is 0. The fourth-order valence-corrected chi connectivity index (χ4v) is 2.86. The molecule has 1 aliphatic rings. The number of H-pyrrole nitrogens is 1. The lowest BCUT2D eigenvalue weighted by Crippen LogP contribution is -2.39. The molecule has 3 aromatic rings. The summed E-state index contributed by atoms with van der Waals surface area (Å²) in [4.78, 5) is 41.0. The second-order valence-corrected chi connectivity index (χ2v) is 6.62. The van der Waals surface area contributed by atoms with Crippen molar-refractivity contribution < 1.29 is 9.84 Å². The number of aromatic amines is 1. The Morgan fingerprint density at radius 2 is 2.07 bits per heavy atom. The number of aromatic nitrogens is 6. The standard InChI is InChI=1S/C17H20N6O4/c1-22-14-12(16(25)23(17(22)26)7-2-8-24)20-13(21-14)11-15(19-6-5-18-11)27-9-10-3-4-10/h5-6,10,24H,2-4,7-9H2,1H3,(H,20,21). The van der Waals surface area contributed by atoms with Crippen LogP contribution in [-0.4, -0.2) is 47.4 Å². The van der Waals surface area contributed by atoms with Crippen LogP contribution >= 0.6 is 0 Å². The average Bonchev–Trinajstić information content (AvgIpc) is 3.41. The van der Waals surface area contributed by atoms with Crippen molar-refractivity contribution in [2.75, 3.05) is 13.2 Å². The van der Waals surface area contributed by atoms with Gasteiger partial charge in [-0.25, -0.2) is 19.7 Å². The van der Waals surface area contributed by atoms with Crippen LogP contribution in [0.3, 0.4) is 0 Å². The molecule has 0 spiro atoms. The molecule has 1 aliphatic carbocycles. The lowest BCUT2D eigenvalue weighted by molar-refractivity contribution is 0.277. The monoisotopic (exact) mass is 372 g/mol. The van der Waals surface area contributed by atoms with Gasteiger partial charge in [0.2, 0.25) is 5.88 Å². The Kier molecular flexibility index (Phi) is 4.48. The lowest BCUT2D eigenvalue weighted by atomic mass is 10.4. The second-order valence-electron chi connectivity index (χ2n) is 6.62. The van der Waals surface area contributed by atoms with E-state index < -0.39 is 11.2 Å². The molecule has 0 unspecified atom stereocenters. The highest BCUT2D eigenvalue weighted by Crippen LogP contribution is 2.31. The highest BCUT2D eigenvalue weighted by Gasteiger charge is 2.24. The van der Waals surface area contributed by atoms with Crippen molar-refractivity contribution in [2.45, 2.75) is 25.8 Å². The first kappa shape index (κ1) is 17.4. The summed E-state index contributed by atoms with van der Waals surface area (Å²) in [5.74, 6) is 1.21. The summed E-state index contributed by atoms with van der Waals surface area (Å²) in [5.41, 5.74) is -0.140. The van der Waals surface area contributed by atoms with Crippen LogP contribution in [0.2, 0.25) is 0 Å². The Bertz CT molecular complexity index is 1090. The molecule has 0 amide bonds. The highest BCUT2D eigenvalue weighted by atomic mass is 16.5. The van der Waals surface area contributed by atoms with Gasteiger partial charge in [0, 0.05) is 32.6 Å². The Balaban J connectivity index is 1.80. The first-order chi connectivity index (χ1) is 13.1. The molecule has 1 fully saturated rings. The lowest BCUT2D eigenvalue weighted by Gasteiger charge is -2.06. The fraction of sp³-hybridized carbons (Fsp3) is 0.471. The largest absolute Gasteiger partial charge is 0.476 e. The van der Waals surface area contributed by atoms with E-state index in [0.717, 1.165) is 17.4 Å². The predicted molar refractivity (Wildman–Crippen MR) is 96.5 cm³/mol. The van der Waals surface area contributed by atoms with Gasteiger partial charge >= 0.3 is 5.69 Å². The molecule has 0 saturated heterocycles. The molecule has 1 saturated carbocycles. The summed E-state index contributed by atoms with van der Waals surface area (Å²) < 4.78 is 8.15. The molecule has 142 valence electrons. The maximum atomic E-state index is 12.7. The van der Waals surface area contributed by atoms with Crippen LogP contribution in [0.4, 0.5) is 0 Å². The normalized spacial score (nSPS) is 14.0. The van der Waals surface area contributed by atoms with Crippen molar-refractivity contribution in [3.8, 4) is 17.4 Å². The average molecular weight is 372 g/mol. The molecule has 0 aliphatic heterocycles. The molecule has 27 heavy (non-hydrogen) atoms. The minimum Gasteiger partial charge on any atom is -0.476 e. The van der Waals surface area contributed by atoms with E-state index >= 15 is 0 Å². The van der Waals surface area contributed by atoms with E-state index in [4.69, 9.17) is 9.84 Å². The number of hydrogen-bond acceptors (Lipinski definition) is 7. The number of nitrogens with zero attached hydrogens (tertiary/aromatic N) is 5. The molecule has 0 bridgehead atoms. The number of fused-ring (bicyclic) bond motifs is 1. The van der Waals surface area contributed by atoms with Crippen LogP contribution in [0.1, 0.15) is 19.3 Å². The number of aryl methyl sites for hydroxylation is 1. The number of imidazole rings is 1. The van der Waals surface area contributed by atoms with E-state index in [-0.39, 0.29) is 24.3 Å². The van der Waals surface area contributed by atoms with Crippen molar-refractivity contribution in [1.29, 1.82) is 0 Å². The third-order valence-corrected chi connectivity index (χ3v) is 4.56. The maximum Gasteiger partial charge on any atom is 0.332 e. The number of nitrogens with one attached hydrogen (secondary N) is 1. The van der Waals surface area contributed by atoms with Crippen molar-refractivity contribution in [3.63, 3.8) is 0 Å². The van der Waals surface area contributed by atoms with Crippen molar-refractivity contribution >= 4 is 11.2 Å². The van der Waals surface area contributed by atoms with Gasteiger partial charge in [-0.05, 0) is 25.2 Å². The first-order valence-electron chi connectivity index (χ1n) is 8.84. The van der Waals surface area contributed by atoms with Crippen LogP contribution in [0, 0.1) is 5.92 Å². The Morgan fingerprint density at radius 1 is 1.30 bits per heavy atom. The van der Waals surface area contributed by atoms with Gasteiger partial charge in [-0.1, -0.05) is 0 Å². The third kappa shape index (κ3) is 3.23. The van der Waals surface area contributed by atoms with Crippen LogP contribution in [0.5, 0.6) is 5.88 Å². The summed E-state index contributed by atoms with van der Waals surface area (Å²) in [6.45, 7) is 0.592. The molecular weight excluding hydrogens is 352 g/mol. The van der Waals surface area contributed by atoms with Gasteiger partial charge in [-0.3, -0.25) is 13.9 Å². The summed E-state index contributed by atoms with van der Waals surface area (Å²) >= 11 is 0. The van der Waals surface area contributed by atoms with E-state index in [2.05, 4.69) is 19.9 Å². The van der Waals surface area contributed by atoms with Crippen molar-refractivity contribution in [3.05, 3.63) is 33.2 Å². The van der Waals surface area contributed by atoms with Gasteiger partial charge in [0.15, 0.2) is 17.2 Å². The summed E-state index contributed by atoms with van der Waals surface area (Å²) in [7, 11) is 1.55. The summed E-state index contributed by atoms with van der Waals surface area (Å²) in [5, 5.41) is 9.00. The zero-order valence-corrected chi connectivity index (χ0v) is 14.9. The zero-order chi connectivity index (χ0) is 19.0. The number of ether oxygens (including phenoxy) is 1. The van der Waals surface area contributed by atoms with Gasteiger partial charge in [-0.2, -0.15) is 0 Å². The minimum atomic E-state index is -0.483. The van der Waals surface area contributed by atoms with E-state index in [1.54, 1.807) is 7.05 Å². The predicted octanol–water partition coefficient (Wildman–Crippen LogP) is 0.0515. The molecular formula is C17H20N6O4. The smallest absolute Gasteiger partial charge is 0.332 e. The van der Waals surface area contributed by atoms with Crippen molar-refractivity contribution in [2.24, 2.45) is 13.0 Å². The van der Waals surface area contributed by atoms with Gasteiger partial charge in [0.1, 0.15) is 5.52 Å². The Hall–Kier alpha value is -3.01. The van der Waals surface area contributed by atoms with Crippen molar-refractivity contribution in [1.82, 2.24) is 29.1 Å². The zero-order valence-electron chi connectivity index (χ0n) is 14.9. The van der Waals surface area contributed by atoms with E-state index in [0.29, 0.717) is 36.3 Å². The van der Waals surface area contributed by atoms with Crippen LogP contribution in [-0.2, 0) is 13.6 Å². The Morgan fingerprint density at radius 3 is 2.81 bits per heavy atom. The Labute approximate surface area is 153 Å².